The third kappa shape index (κ3) is 11.1. The predicted octanol–water partition coefficient (Wildman–Crippen LogP) is 13.8. The summed E-state index contributed by atoms with van der Waals surface area (Å²) in [5.41, 5.74) is 8.16. The summed E-state index contributed by atoms with van der Waals surface area (Å²) in [6.45, 7) is 7.71. The van der Waals surface area contributed by atoms with E-state index in [9.17, 15) is 0 Å². The molecule has 0 amide bonds. The van der Waals surface area contributed by atoms with Gasteiger partial charge in [0.05, 0.1) is 23.3 Å². The average Bonchev–Trinajstić information content (AvgIpc) is 3.38. The van der Waals surface area contributed by atoms with E-state index in [0.717, 1.165) is 68.3 Å². The molecule has 0 bridgehead atoms. The molecule has 0 aliphatic rings. The lowest BCUT2D eigenvalue weighted by atomic mass is 10.1. The Morgan fingerprint density at radius 2 is 0.735 bits per heavy atom. The van der Waals surface area contributed by atoms with Gasteiger partial charge in [0.1, 0.15) is 18.0 Å². The summed E-state index contributed by atoms with van der Waals surface area (Å²) in [5.74, 6) is 3.05. The largest absolute Gasteiger partial charge is 0.261 e. The molecule has 0 radical (unpaired) electrons. The van der Waals surface area contributed by atoms with Gasteiger partial charge in [-0.3, -0.25) is 4.98 Å². The molecule has 0 aliphatic carbocycles. The van der Waals surface area contributed by atoms with Gasteiger partial charge in [-0.1, -0.05) is 146 Å². The minimum absolute atomic E-state index is 0.725. The monoisotopic (exact) mass is 881 g/mol. The van der Waals surface area contributed by atoms with Gasteiger partial charge in [0.2, 0.25) is 0 Å². The Bertz CT molecular complexity index is 3180. The highest BCUT2D eigenvalue weighted by Gasteiger charge is 2.06. The molecule has 9 nitrogen and oxygen atoms in total. The molecule has 0 saturated heterocycles. The van der Waals surface area contributed by atoms with E-state index in [1.54, 1.807) is 31.1 Å². The Morgan fingerprint density at radius 1 is 0.294 bits per heavy atom. The topological polar surface area (TPSA) is 116 Å². The summed E-state index contributed by atoms with van der Waals surface area (Å²) in [5, 5.41) is 9.84. The van der Waals surface area contributed by atoms with Gasteiger partial charge in [0.15, 0.2) is 11.6 Å². The molecule has 68 heavy (non-hydrogen) atoms. The molecule has 8 aromatic carbocycles. The van der Waals surface area contributed by atoms with Crippen LogP contribution in [0.1, 0.15) is 23.0 Å². The van der Waals surface area contributed by atoms with Crippen LogP contribution in [-0.4, -0.2) is 44.9 Å². The minimum Gasteiger partial charge on any atom is -0.261 e. The van der Waals surface area contributed by atoms with Gasteiger partial charge in [-0.25, -0.2) is 39.9 Å². The van der Waals surface area contributed by atoms with E-state index in [2.05, 4.69) is 178 Å². The van der Waals surface area contributed by atoms with Gasteiger partial charge in [0.25, 0.3) is 0 Å². The molecular weight excluding hydrogens is 835 g/mol. The van der Waals surface area contributed by atoms with Crippen LogP contribution in [0.3, 0.4) is 0 Å². The minimum atomic E-state index is 0.725. The molecule has 0 N–H and O–H groups in total. The highest BCUT2D eigenvalue weighted by molar-refractivity contribution is 5.89. The first-order chi connectivity index (χ1) is 33.3. The van der Waals surface area contributed by atoms with Gasteiger partial charge in [-0.05, 0) is 107 Å². The lowest BCUT2D eigenvalue weighted by molar-refractivity contribution is 0.983. The van der Waals surface area contributed by atoms with Gasteiger partial charge in [-0.15, -0.1) is 0 Å². The number of aryl methyl sites for hydroxylation is 4. The molecule has 0 saturated carbocycles. The number of nitrogens with zero attached hydrogens (tertiary/aromatic N) is 9. The number of hydrogen-bond acceptors (Lipinski definition) is 9. The van der Waals surface area contributed by atoms with Crippen molar-refractivity contribution in [2.75, 3.05) is 0 Å². The first kappa shape index (κ1) is 44.3. The fraction of sp³-hybridized carbons (Fsp3) is 0.0678. The number of hydrogen-bond donors (Lipinski definition) is 0. The van der Waals surface area contributed by atoms with Crippen molar-refractivity contribution in [3.8, 4) is 45.3 Å². The van der Waals surface area contributed by atoms with Crippen LogP contribution in [0.15, 0.2) is 213 Å². The van der Waals surface area contributed by atoms with E-state index in [1.807, 2.05) is 76.2 Å². The Kier molecular flexibility index (Phi) is 13.6. The van der Waals surface area contributed by atoms with Crippen molar-refractivity contribution in [3.63, 3.8) is 0 Å². The van der Waals surface area contributed by atoms with Crippen LogP contribution in [0.4, 0.5) is 0 Å². The maximum atomic E-state index is 4.49. The van der Waals surface area contributed by atoms with E-state index in [0.29, 0.717) is 0 Å². The highest BCUT2D eigenvalue weighted by Crippen LogP contribution is 2.26. The van der Waals surface area contributed by atoms with E-state index in [1.165, 1.54) is 43.1 Å². The van der Waals surface area contributed by atoms with Crippen molar-refractivity contribution in [1.29, 1.82) is 0 Å². The van der Waals surface area contributed by atoms with Crippen LogP contribution < -0.4 is 0 Å². The van der Waals surface area contributed by atoms with Crippen LogP contribution in [0.2, 0.25) is 0 Å². The summed E-state index contributed by atoms with van der Waals surface area (Å²) in [4.78, 5) is 38.5. The normalized spacial score (nSPS) is 10.6. The molecule has 0 atom stereocenters. The third-order valence-electron chi connectivity index (χ3n) is 11.1. The first-order valence-corrected chi connectivity index (χ1v) is 22.3. The van der Waals surface area contributed by atoms with Crippen molar-refractivity contribution in [2.24, 2.45) is 0 Å². The zero-order valence-corrected chi connectivity index (χ0v) is 38.2. The Hall–Kier alpha value is -8.95. The molecule has 12 aromatic rings. The second-order valence-electron chi connectivity index (χ2n) is 16.2. The zero-order chi connectivity index (χ0) is 46.7. The van der Waals surface area contributed by atoms with Crippen LogP contribution in [0.25, 0.3) is 88.4 Å². The fourth-order valence-electron chi connectivity index (χ4n) is 7.68. The lowest BCUT2D eigenvalue weighted by Crippen LogP contribution is -1.93. The Balaban J connectivity index is 0.000000113. The molecule has 0 fully saturated rings. The molecule has 0 aliphatic heterocycles. The standard InChI is InChI=1S/3C15H12N2.C14H11N3/c1-11-9-16-10-15(17-11)14-7-6-12-4-2-3-5-13(12)8-14;1-11-16-9-8-15(17-11)14-7-6-12-4-2-3-5-13(12)10-14;1-11-8-9-16-15(17-11)14-7-6-12-4-2-3-5-13(12)10-14;1-10-15-9-16-14(17-10)13-7-6-11-4-2-3-5-12(11)8-13/h3*2-10H,1H3;2-9H,1H3. The number of rotatable bonds is 4. The van der Waals surface area contributed by atoms with E-state index >= 15 is 0 Å². The third-order valence-corrected chi connectivity index (χ3v) is 11.1. The molecular formula is C59H47N9. The van der Waals surface area contributed by atoms with Gasteiger partial charge in [0, 0.05) is 46.5 Å². The SMILES string of the molecule is Cc1ccnc(-c2ccc3ccccc3c2)n1.Cc1cncc(-c2ccc3ccccc3c2)n1.Cc1nccc(-c2ccc3ccccc3c2)n1.Cc1ncnc(-c2ccc3ccccc3c2)n1. The molecule has 9 heteroatoms. The highest BCUT2D eigenvalue weighted by atomic mass is 15.0. The number of fused-ring (bicyclic) bond motifs is 4. The molecule has 12 rings (SSSR count). The van der Waals surface area contributed by atoms with Crippen molar-refractivity contribution >= 4 is 43.1 Å². The second-order valence-corrected chi connectivity index (χ2v) is 16.2. The molecule has 4 heterocycles. The van der Waals surface area contributed by atoms with Gasteiger partial charge < -0.3 is 0 Å². The average molecular weight is 882 g/mol. The van der Waals surface area contributed by atoms with Crippen molar-refractivity contribution in [3.05, 3.63) is 236 Å². The summed E-state index contributed by atoms with van der Waals surface area (Å²) in [6.07, 6.45) is 8.72. The van der Waals surface area contributed by atoms with E-state index < -0.39 is 0 Å². The smallest absolute Gasteiger partial charge is 0.162 e. The molecule has 328 valence electrons. The zero-order valence-electron chi connectivity index (χ0n) is 38.2. The van der Waals surface area contributed by atoms with Crippen LogP contribution in [-0.2, 0) is 0 Å². The number of aromatic nitrogens is 9. The number of benzene rings is 8. The summed E-state index contributed by atoms with van der Waals surface area (Å²) in [6, 6.07) is 62.4. The van der Waals surface area contributed by atoms with E-state index in [4.69, 9.17) is 0 Å². The molecule has 0 unspecified atom stereocenters. The first-order valence-electron chi connectivity index (χ1n) is 22.3. The van der Waals surface area contributed by atoms with Crippen molar-refractivity contribution < 1.29 is 0 Å². The second kappa shape index (κ2) is 20.9. The van der Waals surface area contributed by atoms with Crippen LogP contribution in [0.5, 0.6) is 0 Å². The van der Waals surface area contributed by atoms with Crippen molar-refractivity contribution in [1.82, 2.24) is 44.9 Å². The maximum Gasteiger partial charge on any atom is 0.162 e. The molecule has 4 aromatic heterocycles. The van der Waals surface area contributed by atoms with Gasteiger partial charge >= 0.3 is 0 Å². The maximum absolute atomic E-state index is 4.49. The summed E-state index contributed by atoms with van der Waals surface area (Å²) < 4.78 is 0. The van der Waals surface area contributed by atoms with Gasteiger partial charge in [-0.2, -0.15) is 0 Å². The van der Waals surface area contributed by atoms with Crippen LogP contribution >= 0.6 is 0 Å². The Morgan fingerprint density at radius 3 is 1.22 bits per heavy atom. The fourth-order valence-corrected chi connectivity index (χ4v) is 7.68. The lowest BCUT2D eigenvalue weighted by Gasteiger charge is -2.03. The Labute approximate surface area is 395 Å². The summed E-state index contributed by atoms with van der Waals surface area (Å²) >= 11 is 0. The van der Waals surface area contributed by atoms with Crippen molar-refractivity contribution in [2.45, 2.75) is 27.7 Å². The summed E-state index contributed by atoms with van der Waals surface area (Å²) in [7, 11) is 0. The van der Waals surface area contributed by atoms with Crippen LogP contribution in [0, 0.1) is 27.7 Å². The predicted molar refractivity (Wildman–Crippen MR) is 277 cm³/mol. The van der Waals surface area contributed by atoms with E-state index in [-0.39, 0.29) is 0 Å². The molecule has 0 spiro atoms. The quantitative estimate of drug-likeness (QED) is 0.170.